The molecule has 2 aromatic carbocycles. The zero-order valence-corrected chi connectivity index (χ0v) is 18.9. The highest BCUT2D eigenvalue weighted by Crippen LogP contribution is 2.42. The van der Waals surface area contributed by atoms with Crippen LogP contribution < -0.4 is 4.74 Å². The fourth-order valence-corrected chi connectivity index (χ4v) is 5.15. The molecule has 30 heavy (non-hydrogen) atoms. The zero-order chi connectivity index (χ0) is 21.3. The molecule has 1 unspecified atom stereocenters. The molecule has 0 N–H and O–H groups in total. The first-order valence-corrected chi connectivity index (χ1v) is 11.2. The number of benzene rings is 2. The van der Waals surface area contributed by atoms with Crippen LogP contribution in [0.2, 0.25) is 10.0 Å². The standard InChI is InChI=1S/C24H27Cl2NO3/c1-24(23(28)29-2)10-12-27(13-11-24)22-9-6-16-14-17(7-8-18(16)22)30-15-19-20(25)4-3-5-21(19)26/h3-5,7-8,14,22H,6,9-13,15H2,1-2H3. The van der Waals surface area contributed by atoms with Crippen LogP contribution in [0.4, 0.5) is 0 Å². The quantitative estimate of drug-likeness (QED) is 0.539. The van der Waals surface area contributed by atoms with E-state index in [4.69, 9.17) is 32.7 Å². The highest BCUT2D eigenvalue weighted by atomic mass is 35.5. The summed E-state index contributed by atoms with van der Waals surface area (Å²) in [5.74, 6) is 0.747. The van der Waals surface area contributed by atoms with Gasteiger partial charge in [0.05, 0.1) is 12.5 Å². The summed E-state index contributed by atoms with van der Waals surface area (Å²) in [6, 6.07) is 12.2. The number of rotatable bonds is 5. The molecule has 1 heterocycles. The first kappa shape index (κ1) is 21.5. The van der Waals surface area contributed by atoms with Gasteiger partial charge in [0.25, 0.3) is 0 Å². The highest BCUT2D eigenvalue weighted by molar-refractivity contribution is 6.35. The normalized spacial score (nSPS) is 20.6. The van der Waals surface area contributed by atoms with E-state index in [0.29, 0.717) is 22.7 Å². The van der Waals surface area contributed by atoms with Crippen molar-refractivity contribution in [2.75, 3.05) is 20.2 Å². The Bertz CT molecular complexity index is 918. The van der Waals surface area contributed by atoms with Gasteiger partial charge in [-0.15, -0.1) is 0 Å². The van der Waals surface area contributed by atoms with Gasteiger partial charge in [0.1, 0.15) is 12.4 Å². The summed E-state index contributed by atoms with van der Waals surface area (Å²) >= 11 is 12.5. The van der Waals surface area contributed by atoms with Gasteiger partial charge >= 0.3 is 5.97 Å². The summed E-state index contributed by atoms with van der Waals surface area (Å²) in [7, 11) is 1.48. The van der Waals surface area contributed by atoms with E-state index in [1.54, 1.807) is 0 Å². The molecule has 2 aliphatic rings. The van der Waals surface area contributed by atoms with Crippen LogP contribution in [0.3, 0.4) is 0 Å². The molecule has 1 atom stereocenters. The number of ether oxygens (including phenoxy) is 2. The number of carbonyl (C=O) groups excluding carboxylic acids is 1. The Kier molecular flexibility index (Phi) is 6.29. The SMILES string of the molecule is COC(=O)C1(C)CCN(C2CCc3cc(OCc4c(Cl)cccc4Cl)ccc32)CC1. The molecule has 0 amide bonds. The molecular formula is C24H27Cl2NO3. The Labute approximate surface area is 188 Å². The molecule has 1 fully saturated rings. The van der Waals surface area contributed by atoms with Gasteiger partial charge in [-0.1, -0.05) is 35.3 Å². The number of hydrogen-bond donors (Lipinski definition) is 0. The molecule has 1 aliphatic carbocycles. The fourth-order valence-electron chi connectivity index (χ4n) is 4.65. The molecule has 6 heteroatoms. The predicted octanol–water partition coefficient (Wildman–Crippen LogP) is 5.83. The average molecular weight is 448 g/mol. The molecule has 0 spiro atoms. The summed E-state index contributed by atoms with van der Waals surface area (Å²) in [5, 5.41) is 1.24. The molecule has 0 aromatic heterocycles. The van der Waals surface area contributed by atoms with E-state index in [0.717, 1.165) is 50.1 Å². The lowest BCUT2D eigenvalue weighted by atomic mass is 9.80. The van der Waals surface area contributed by atoms with Gasteiger partial charge < -0.3 is 9.47 Å². The molecule has 1 aliphatic heterocycles. The Morgan fingerprint density at radius 3 is 2.53 bits per heavy atom. The van der Waals surface area contributed by atoms with Crippen LogP contribution in [0.15, 0.2) is 36.4 Å². The lowest BCUT2D eigenvalue weighted by Crippen LogP contribution is -2.44. The van der Waals surface area contributed by atoms with Crippen LogP contribution in [0.25, 0.3) is 0 Å². The number of likely N-dealkylation sites (tertiary alicyclic amines) is 1. The molecule has 1 saturated heterocycles. The van der Waals surface area contributed by atoms with Crippen molar-refractivity contribution >= 4 is 29.2 Å². The number of esters is 1. The van der Waals surface area contributed by atoms with E-state index in [-0.39, 0.29) is 11.4 Å². The van der Waals surface area contributed by atoms with Crippen LogP contribution in [-0.4, -0.2) is 31.1 Å². The van der Waals surface area contributed by atoms with Gasteiger partial charge in [-0.25, -0.2) is 0 Å². The van der Waals surface area contributed by atoms with Crippen LogP contribution in [-0.2, 0) is 22.6 Å². The van der Waals surface area contributed by atoms with E-state index in [1.807, 2.05) is 31.2 Å². The lowest BCUT2D eigenvalue weighted by Gasteiger charge is -2.40. The van der Waals surface area contributed by atoms with Gasteiger partial charge in [0.2, 0.25) is 0 Å². The van der Waals surface area contributed by atoms with Gasteiger partial charge in [-0.3, -0.25) is 9.69 Å². The largest absolute Gasteiger partial charge is 0.489 e. The highest BCUT2D eigenvalue weighted by Gasteiger charge is 2.40. The van der Waals surface area contributed by atoms with Crippen molar-refractivity contribution in [1.82, 2.24) is 4.90 Å². The second-order valence-corrected chi connectivity index (χ2v) is 9.31. The second kappa shape index (κ2) is 8.78. The Hall–Kier alpha value is -1.75. The maximum absolute atomic E-state index is 12.1. The third-order valence-electron chi connectivity index (χ3n) is 6.63. The van der Waals surface area contributed by atoms with Gasteiger partial charge in [0, 0.05) is 21.7 Å². The molecule has 4 nitrogen and oxygen atoms in total. The Morgan fingerprint density at radius 1 is 1.17 bits per heavy atom. The first-order valence-electron chi connectivity index (χ1n) is 10.4. The van der Waals surface area contributed by atoms with Crippen molar-refractivity contribution in [2.45, 2.75) is 45.3 Å². The summed E-state index contributed by atoms with van der Waals surface area (Å²) in [5.41, 5.74) is 3.16. The van der Waals surface area contributed by atoms with Crippen LogP contribution >= 0.6 is 23.2 Å². The van der Waals surface area contributed by atoms with Crippen LogP contribution in [0.5, 0.6) is 5.75 Å². The zero-order valence-electron chi connectivity index (χ0n) is 17.4. The number of nitrogens with zero attached hydrogens (tertiary/aromatic N) is 1. The van der Waals surface area contributed by atoms with Gasteiger partial charge in [-0.2, -0.15) is 0 Å². The summed E-state index contributed by atoms with van der Waals surface area (Å²) in [4.78, 5) is 14.6. The minimum absolute atomic E-state index is 0.0885. The fraction of sp³-hybridized carbons (Fsp3) is 0.458. The predicted molar refractivity (Wildman–Crippen MR) is 119 cm³/mol. The molecular weight excluding hydrogens is 421 g/mol. The van der Waals surface area contributed by atoms with Crippen molar-refractivity contribution in [1.29, 1.82) is 0 Å². The molecule has 0 bridgehead atoms. The van der Waals surface area contributed by atoms with Crippen molar-refractivity contribution in [3.8, 4) is 5.75 Å². The van der Waals surface area contributed by atoms with Crippen molar-refractivity contribution in [2.24, 2.45) is 5.41 Å². The lowest BCUT2D eigenvalue weighted by molar-refractivity contribution is -0.155. The monoisotopic (exact) mass is 447 g/mol. The smallest absolute Gasteiger partial charge is 0.311 e. The van der Waals surface area contributed by atoms with E-state index in [2.05, 4.69) is 17.0 Å². The minimum Gasteiger partial charge on any atom is -0.489 e. The van der Waals surface area contributed by atoms with Crippen LogP contribution in [0, 0.1) is 5.41 Å². The van der Waals surface area contributed by atoms with Crippen LogP contribution in [0.1, 0.15) is 48.9 Å². The molecule has 160 valence electrons. The summed E-state index contributed by atoms with van der Waals surface area (Å²) in [6.45, 7) is 4.20. The maximum Gasteiger partial charge on any atom is 0.311 e. The molecule has 0 saturated carbocycles. The number of halogens is 2. The Morgan fingerprint density at radius 2 is 1.87 bits per heavy atom. The summed E-state index contributed by atoms with van der Waals surface area (Å²) in [6.07, 6.45) is 3.81. The van der Waals surface area contributed by atoms with Crippen molar-refractivity contribution in [3.05, 3.63) is 63.1 Å². The van der Waals surface area contributed by atoms with Gasteiger partial charge in [-0.05, 0) is 81.1 Å². The number of fused-ring (bicyclic) bond motifs is 1. The van der Waals surface area contributed by atoms with E-state index < -0.39 is 0 Å². The number of hydrogen-bond acceptors (Lipinski definition) is 4. The van der Waals surface area contributed by atoms with E-state index in [1.165, 1.54) is 18.2 Å². The first-order chi connectivity index (χ1) is 14.4. The average Bonchev–Trinajstić information content (AvgIpc) is 3.16. The Balaban J connectivity index is 1.41. The van der Waals surface area contributed by atoms with Gasteiger partial charge in [0.15, 0.2) is 0 Å². The van der Waals surface area contributed by atoms with E-state index >= 15 is 0 Å². The topological polar surface area (TPSA) is 38.8 Å². The van der Waals surface area contributed by atoms with Crippen molar-refractivity contribution < 1.29 is 14.3 Å². The third-order valence-corrected chi connectivity index (χ3v) is 7.33. The molecule has 0 radical (unpaired) electrons. The number of aryl methyl sites for hydroxylation is 1. The minimum atomic E-state index is -0.357. The second-order valence-electron chi connectivity index (χ2n) is 8.49. The third kappa shape index (κ3) is 4.18. The van der Waals surface area contributed by atoms with Crippen molar-refractivity contribution in [3.63, 3.8) is 0 Å². The maximum atomic E-state index is 12.1. The number of methoxy groups -OCH3 is 1. The molecule has 4 rings (SSSR count). The molecule has 2 aromatic rings. The number of carbonyl (C=O) groups is 1. The van der Waals surface area contributed by atoms with E-state index in [9.17, 15) is 4.79 Å². The summed E-state index contributed by atoms with van der Waals surface area (Å²) < 4.78 is 11.0. The number of piperidine rings is 1.